The Morgan fingerprint density at radius 3 is 2.34 bits per heavy atom. The van der Waals surface area contributed by atoms with Gasteiger partial charge in [-0.3, -0.25) is 0 Å². The Bertz CT molecular complexity index is 876. The van der Waals surface area contributed by atoms with Crippen LogP contribution >= 0.6 is 0 Å². The van der Waals surface area contributed by atoms with E-state index in [1.807, 2.05) is 39.0 Å². The molecule has 1 unspecified atom stereocenters. The van der Waals surface area contributed by atoms with Gasteiger partial charge in [0.2, 0.25) is 0 Å². The summed E-state index contributed by atoms with van der Waals surface area (Å²) in [6, 6.07) is 5.88. The van der Waals surface area contributed by atoms with Crippen LogP contribution in [0.25, 0.3) is 0 Å². The summed E-state index contributed by atoms with van der Waals surface area (Å²) >= 11 is 0. The summed E-state index contributed by atoms with van der Waals surface area (Å²) in [4.78, 5) is 28.8. The van der Waals surface area contributed by atoms with Gasteiger partial charge in [0.15, 0.2) is 0 Å². The fraction of sp³-hybridized carbons (Fsp3) is 0.615. The van der Waals surface area contributed by atoms with Crippen molar-refractivity contribution in [3.8, 4) is 0 Å². The van der Waals surface area contributed by atoms with Crippen molar-refractivity contribution in [1.82, 2.24) is 4.90 Å². The van der Waals surface area contributed by atoms with Crippen molar-refractivity contribution in [1.29, 1.82) is 0 Å². The Morgan fingerprint density at radius 2 is 1.78 bits per heavy atom. The molecule has 1 heterocycles. The second-order valence-electron chi connectivity index (χ2n) is 10.9. The van der Waals surface area contributed by atoms with E-state index in [1.54, 1.807) is 4.90 Å². The van der Waals surface area contributed by atoms with E-state index in [0.717, 1.165) is 38.0 Å². The maximum absolute atomic E-state index is 12.5. The number of ether oxygens (including phenoxy) is 2. The highest BCUT2D eigenvalue weighted by Gasteiger charge is 2.34. The molecule has 176 valence electrons. The van der Waals surface area contributed by atoms with Crippen LogP contribution in [-0.2, 0) is 9.47 Å². The molecular formula is C26H38N2O4. The van der Waals surface area contributed by atoms with Gasteiger partial charge in [-0.2, -0.15) is 0 Å². The molecule has 3 rings (SSSR count). The number of hydrogen-bond donors (Lipinski definition) is 0. The zero-order chi connectivity index (χ0) is 23.7. The van der Waals surface area contributed by atoms with Crippen LogP contribution in [0.1, 0.15) is 75.7 Å². The van der Waals surface area contributed by atoms with E-state index in [9.17, 15) is 9.59 Å². The molecule has 32 heavy (non-hydrogen) atoms. The summed E-state index contributed by atoms with van der Waals surface area (Å²) in [5.41, 5.74) is 3.82. The van der Waals surface area contributed by atoms with Crippen LogP contribution < -0.4 is 4.90 Å². The monoisotopic (exact) mass is 442 g/mol. The molecule has 0 bridgehead atoms. The molecule has 0 aromatic heterocycles. The average Bonchev–Trinajstić information content (AvgIpc) is 2.70. The molecule has 0 radical (unpaired) electrons. The summed E-state index contributed by atoms with van der Waals surface area (Å²) in [6.07, 6.45) is 2.74. The Morgan fingerprint density at radius 1 is 1.12 bits per heavy atom. The van der Waals surface area contributed by atoms with Gasteiger partial charge < -0.3 is 19.3 Å². The highest BCUT2D eigenvalue weighted by molar-refractivity contribution is 5.90. The SMILES string of the molecule is C=C1CC(c2cc(C(=O)OC)ccc2N2CCN(C(=O)OC(C)(C)C)CC2)CC(C)(C)C1. The first-order chi connectivity index (χ1) is 14.9. The number of benzene rings is 1. The van der Waals surface area contributed by atoms with Crippen molar-refractivity contribution >= 4 is 17.7 Å². The third kappa shape index (κ3) is 5.84. The molecule has 0 N–H and O–H groups in total. The Hall–Kier alpha value is -2.50. The Balaban J connectivity index is 1.84. The number of amides is 1. The highest BCUT2D eigenvalue weighted by Crippen LogP contribution is 2.47. The topological polar surface area (TPSA) is 59.1 Å². The Kier molecular flexibility index (Phi) is 6.91. The fourth-order valence-corrected chi connectivity index (χ4v) is 5.00. The van der Waals surface area contributed by atoms with Crippen LogP contribution in [0.2, 0.25) is 0 Å². The third-order valence-corrected chi connectivity index (χ3v) is 6.22. The number of nitrogens with zero attached hydrogens (tertiary/aromatic N) is 2. The second-order valence-corrected chi connectivity index (χ2v) is 10.9. The van der Waals surface area contributed by atoms with Crippen molar-refractivity contribution in [3.05, 3.63) is 41.5 Å². The molecule has 1 amide bonds. The molecule has 6 heteroatoms. The van der Waals surface area contributed by atoms with Gasteiger partial charge in [-0.1, -0.05) is 26.0 Å². The number of anilines is 1. The smallest absolute Gasteiger partial charge is 0.410 e. The number of methoxy groups -OCH3 is 1. The predicted molar refractivity (Wildman–Crippen MR) is 127 cm³/mol. The largest absolute Gasteiger partial charge is 0.465 e. The number of carbonyl (C=O) groups excluding carboxylic acids is 2. The number of carbonyl (C=O) groups is 2. The number of esters is 1. The summed E-state index contributed by atoms with van der Waals surface area (Å²) in [5.74, 6) is -0.0174. The maximum Gasteiger partial charge on any atom is 0.410 e. The predicted octanol–water partition coefficient (Wildman–Crippen LogP) is 5.38. The molecule has 1 aliphatic heterocycles. The van der Waals surface area contributed by atoms with Gasteiger partial charge in [0, 0.05) is 31.9 Å². The average molecular weight is 443 g/mol. The number of rotatable bonds is 3. The molecule has 1 aromatic rings. The normalized spacial score (nSPS) is 21.3. The molecule has 1 aliphatic carbocycles. The van der Waals surface area contributed by atoms with E-state index in [1.165, 1.54) is 18.2 Å². The van der Waals surface area contributed by atoms with Crippen LogP contribution in [0.3, 0.4) is 0 Å². The summed E-state index contributed by atoms with van der Waals surface area (Å²) in [7, 11) is 1.41. The van der Waals surface area contributed by atoms with E-state index < -0.39 is 5.60 Å². The molecule has 2 aliphatic rings. The molecule has 1 aromatic carbocycles. The molecule has 1 atom stereocenters. The van der Waals surface area contributed by atoms with Gasteiger partial charge in [0.05, 0.1) is 12.7 Å². The lowest BCUT2D eigenvalue weighted by molar-refractivity contribution is 0.0240. The Labute approximate surface area is 192 Å². The van der Waals surface area contributed by atoms with Crippen LogP contribution in [0.5, 0.6) is 0 Å². The zero-order valence-corrected chi connectivity index (χ0v) is 20.5. The molecule has 0 spiro atoms. The van der Waals surface area contributed by atoms with E-state index in [4.69, 9.17) is 9.47 Å². The van der Waals surface area contributed by atoms with Crippen molar-refractivity contribution in [3.63, 3.8) is 0 Å². The first-order valence-electron chi connectivity index (χ1n) is 11.5. The van der Waals surface area contributed by atoms with Crippen molar-refractivity contribution in [2.75, 3.05) is 38.2 Å². The quantitative estimate of drug-likeness (QED) is 0.465. The number of hydrogen-bond acceptors (Lipinski definition) is 5. The summed E-state index contributed by atoms with van der Waals surface area (Å²) < 4.78 is 10.5. The first kappa shape index (κ1) is 24.1. The minimum atomic E-state index is -0.499. The third-order valence-electron chi connectivity index (χ3n) is 6.22. The lowest BCUT2D eigenvalue weighted by Gasteiger charge is -2.41. The number of piperazine rings is 1. The maximum atomic E-state index is 12.5. The van der Waals surface area contributed by atoms with E-state index in [0.29, 0.717) is 24.6 Å². The van der Waals surface area contributed by atoms with Gasteiger partial charge in [-0.25, -0.2) is 9.59 Å². The molecule has 6 nitrogen and oxygen atoms in total. The standard InChI is InChI=1S/C26H38N2O4/c1-18-14-20(17-26(5,6)16-18)21-15-19(23(29)31-7)8-9-22(21)27-10-12-28(13-11-27)24(30)32-25(2,3)4/h8-9,15,20H,1,10-14,16-17H2,2-7H3. The first-order valence-corrected chi connectivity index (χ1v) is 11.5. The van der Waals surface area contributed by atoms with Crippen LogP contribution in [0, 0.1) is 5.41 Å². The van der Waals surface area contributed by atoms with Gasteiger partial charge in [0.25, 0.3) is 0 Å². The summed E-state index contributed by atoms with van der Waals surface area (Å²) in [6.45, 7) is 17.2. The lowest BCUT2D eigenvalue weighted by Crippen LogP contribution is -2.50. The minimum absolute atomic E-state index is 0.175. The van der Waals surface area contributed by atoms with E-state index >= 15 is 0 Å². The van der Waals surface area contributed by atoms with Crippen molar-refractivity contribution in [2.24, 2.45) is 5.41 Å². The second kappa shape index (κ2) is 9.16. The molecular weight excluding hydrogens is 404 g/mol. The van der Waals surface area contributed by atoms with Crippen LogP contribution in [0.15, 0.2) is 30.4 Å². The van der Waals surface area contributed by atoms with Gasteiger partial charge in [-0.05, 0) is 75.1 Å². The van der Waals surface area contributed by atoms with E-state index in [2.05, 4.69) is 25.3 Å². The summed E-state index contributed by atoms with van der Waals surface area (Å²) in [5, 5.41) is 0. The van der Waals surface area contributed by atoms with Crippen LogP contribution in [0.4, 0.5) is 10.5 Å². The molecule has 1 saturated carbocycles. The minimum Gasteiger partial charge on any atom is -0.465 e. The van der Waals surface area contributed by atoms with E-state index in [-0.39, 0.29) is 17.5 Å². The molecule has 1 saturated heterocycles. The van der Waals surface area contributed by atoms with Gasteiger partial charge >= 0.3 is 12.1 Å². The van der Waals surface area contributed by atoms with Crippen LogP contribution in [-0.4, -0.2) is 55.9 Å². The zero-order valence-electron chi connectivity index (χ0n) is 20.5. The van der Waals surface area contributed by atoms with Gasteiger partial charge in [-0.15, -0.1) is 0 Å². The van der Waals surface area contributed by atoms with Crippen molar-refractivity contribution < 1.29 is 19.1 Å². The fourth-order valence-electron chi connectivity index (χ4n) is 5.00. The number of allylic oxidation sites excluding steroid dienone is 1. The van der Waals surface area contributed by atoms with Crippen molar-refractivity contribution in [2.45, 2.75) is 65.4 Å². The van der Waals surface area contributed by atoms with Gasteiger partial charge in [0.1, 0.15) is 5.60 Å². The lowest BCUT2D eigenvalue weighted by atomic mass is 9.68. The molecule has 2 fully saturated rings. The highest BCUT2D eigenvalue weighted by atomic mass is 16.6.